The number of amides is 1. The van der Waals surface area contributed by atoms with Crippen LogP contribution in [0.4, 0.5) is 13.2 Å². The molecule has 0 spiro atoms. The van der Waals surface area contributed by atoms with Crippen molar-refractivity contribution >= 4 is 28.5 Å². The third kappa shape index (κ3) is 2.68. The average Bonchev–Trinajstić information content (AvgIpc) is 2.32. The van der Waals surface area contributed by atoms with Gasteiger partial charge in [-0.2, -0.15) is 13.2 Å². The summed E-state index contributed by atoms with van der Waals surface area (Å²) in [4.78, 5) is 11.8. The molecule has 1 N–H and O–H groups in total. The lowest BCUT2D eigenvalue weighted by Gasteiger charge is -2.21. The van der Waals surface area contributed by atoms with Gasteiger partial charge in [0.05, 0.1) is 11.1 Å². The molecule has 96 valence electrons. The van der Waals surface area contributed by atoms with Gasteiger partial charge in [0.15, 0.2) is 0 Å². The summed E-state index contributed by atoms with van der Waals surface area (Å²) >= 11 is 2.08. The van der Waals surface area contributed by atoms with Crippen LogP contribution in [0.2, 0.25) is 0 Å². The van der Waals surface area contributed by atoms with Gasteiger partial charge in [-0.15, -0.1) is 0 Å². The molecule has 0 atom stereocenters. The van der Waals surface area contributed by atoms with Crippen molar-refractivity contribution in [3.05, 3.63) is 44.7 Å². The first kappa shape index (κ1) is 13.4. The Morgan fingerprint density at radius 2 is 1.89 bits per heavy atom. The zero-order valence-corrected chi connectivity index (χ0v) is 11.3. The van der Waals surface area contributed by atoms with Gasteiger partial charge in [0.2, 0.25) is 0 Å². The van der Waals surface area contributed by atoms with Crippen LogP contribution in [-0.2, 0) is 6.18 Å². The Bertz CT molecular complexity index is 522. The van der Waals surface area contributed by atoms with E-state index in [2.05, 4.69) is 27.9 Å². The van der Waals surface area contributed by atoms with Crippen LogP contribution >= 0.6 is 22.6 Å². The molecule has 2 rings (SSSR count). The Balaban J connectivity index is 2.28. The summed E-state index contributed by atoms with van der Waals surface area (Å²) in [6, 6.07) is 4.79. The van der Waals surface area contributed by atoms with Crippen molar-refractivity contribution in [3.8, 4) is 0 Å². The summed E-state index contributed by atoms with van der Waals surface area (Å²) in [6.45, 7) is 0. The van der Waals surface area contributed by atoms with E-state index >= 15 is 0 Å². The number of alkyl halides is 3. The third-order valence-corrected chi connectivity index (χ3v) is 3.85. The van der Waals surface area contributed by atoms with Crippen LogP contribution < -0.4 is 5.32 Å². The van der Waals surface area contributed by atoms with E-state index in [9.17, 15) is 18.0 Å². The molecular weight excluding hydrogens is 358 g/mol. The normalized spacial score (nSPS) is 15.3. The first-order valence-electron chi connectivity index (χ1n) is 5.24. The number of carbonyl (C=O) groups excluding carboxylic acids is 1. The molecule has 0 aromatic heterocycles. The number of hydrogen-bond donors (Lipinski definition) is 1. The maximum atomic E-state index is 12.7. The molecule has 0 aliphatic heterocycles. The van der Waals surface area contributed by atoms with Crippen molar-refractivity contribution in [1.29, 1.82) is 0 Å². The number of halogens is 4. The third-order valence-electron chi connectivity index (χ3n) is 2.66. The minimum absolute atomic E-state index is 0.339. The lowest BCUT2D eigenvalue weighted by atomic mass is 10.0. The minimum Gasteiger partial charge on any atom is -0.325 e. The molecule has 0 fully saturated rings. The van der Waals surface area contributed by atoms with Gasteiger partial charge in [-0.1, -0.05) is 12.1 Å². The van der Waals surface area contributed by atoms with E-state index in [0.717, 1.165) is 21.8 Å². The quantitative estimate of drug-likeness (QED) is 0.790. The Morgan fingerprint density at radius 3 is 2.39 bits per heavy atom. The smallest absolute Gasteiger partial charge is 0.325 e. The van der Waals surface area contributed by atoms with Gasteiger partial charge in [0.25, 0.3) is 5.91 Å². The van der Waals surface area contributed by atoms with Crippen molar-refractivity contribution in [2.24, 2.45) is 0 Å². The van der Waals surface area contributed by atoms with Gasteiger partial charge in [0.1, 0.15) is 0 Å². The van der Waals surface area contributed by atoms with Crippen LogP contribution in [0.5, 0.6) is 0 Å². The van der Waals surface area contributed by atoms with Gasteiger partial charge in [-0.25, -0.2) is 0 Å². The van der Waals surface area contributed by atoms with Gasteiger partial charge < -0.3 is 5.32 Å². The first-order chi connectivity index (χ1) is 8.39. The number of nitrogens with one attached hydrogen (secondary N) is 1. The number of carbonyl (C=O) groups is 1. The molecule has 0 saturated heterocycles. The molecule has 1 aromatic rings. The van der Waals surface area contributed by atoms with Crippen LogP contribution in [0.15, 0.2) is 33.5 Å². The van der Waals surface area contributed by atoms with E-state index in [0.29, 0.717) is 6.42 Å². The summed E-state index contributed by atoms with van der Waals surface area (Å²) in [5.74, 6) is -0.702. The predicted molar refractivity (Wildman–Crippen MR) is 69.2 cm³/mol. The fourth-order valence-corrected chi connectivity index (χ4v) is 2.28. The molecule has 0 unspecified atom stereocenters. The molecule has 1 amide bonds. The molecule has 6 heteroatoms. The zero-order valence-electron chi connectivity index (χ0n) is 9.14. The summed E-state index contributed by atoms with van der Waals surface area (Å²) in [5.41, 5.74) is -0.524. The van der Waals surface area contributed by atoms with E-state index in [-0.39, 0.29) is 5.56 Å². The second kappa shape index (κ2) is 4.91. The van der Waals surface area contributed by atoms with E-state index in [1.54, 1.807) is 0 Å². The lowest BCUT2D eigenvalue weighted by Crippen LogP contribution is -2.28. The van der Waals surface area contributed by atoms with Crippen molar-refractivity contribution in [3.63, 3.8) is 0 Å². The van der Waals surface area contributed by atoms with Crippen LogP contribution in [0.25, 0.3) is 0 Å². The zero-order chi connectivity index (χ0) is 13.3. The van der Waals surface area contributed by atoms with Crippen LogP contribution in [0, 0.1) is 0 Å². The molecule has 1 aliphatic rings. The van der Waals surface area contributed by atoms with Crippen molar-refractivity contribution in [2.75, 3.05) is 0 Å². The highest BCUT2D eigenvalue weighted by atomic mass is 127. The Labute approximate surface area is 115 Å². The van der Waals surface area contributed by atoms with Crippen molar-refractivity contribution in [1.82, 2.24) is 5.32 Å². The molecule has 18 heavy (non-hydrogen) atoms. The fourth-order valence-electron chi connectivity index (χ4n) is 1.61. The van der Waals surface area contributed by atoms with Gasteiger partial charge >= 0.3 is 6.18 Å². The first-order valence-corrected chi connectivity index (χ1v) is 6.32. The van der Waals surface area contributed by atoms with E-state index < -0.39 is 17.6 Å². The second-order valence-corrected chi connectivity index (χ2v) is 5.18. The topological polar surface area (TPSA) is 29.1 Å². The van der Waals surface area contributed by atoms with Gasteiger partial charge in [-0.05, 0) is 47.6 Å². The molecule has 1 aromatic carbocycles. The van der Waals surface area contributed by atoms with Gasteiger partial charge in [-0.3, -0.25) is 4.79 Å². The average molecular weight is 367 g/mol. The summed E-state index contributed by atoms with van der Waals surface area (Å²) in [5, 5.41) is 2.53. The summed E-state index contributed by atoms with van der Waals surface area (Å²) in [6.07, 6.45) is -2.94. The van der Waals surface area contributed by atoms with Crippen molar-refractivity contribution < 1.29 is 18.0 Å². The minimum atomic E-state index is -4.52. The largest absolute Gasteiger partial charge is 0.417 e. The van der Waals surface area contributed by atoms with Crippen molar-refractivity contribution in [2.45, 2.75) is 19.0 Å². The molecule has 0 radical (unpaired) electrons. The molecule has 1 aliphatic carbocycles. The number of benzene rings is 1. The monoisotopic (exact) mass is 367 g/mol. The maximum Gasteiger partial charge on any atom is 0.417 e. The SMILES string of the molecule is O=C(NC1=C(I)CC1)c1ccccc1C(F)(F)F. The van der Waals surface area contributed by atoms with Gasteiger partial charge in [0, 0.05) is 9.28 Å². The summed E-state index contributed by atoms with van der Waals surface area (Å²) < 4.78 is 39.2. The molecule has 0 saturated carbocycles. The van der Waals surface area contributed by atoms with E-state index in [1.165, 1.54) is 18.2 Å². The Kier molecular flexibility index (Phi) is 3.65. The highest BCUT2D eigenvalue weighted by Crippen LogP contribution is 2.33. The standard InChI is InChI=1S/C12H9F3INO/c13-12(14,15)8-4-2-1-3-7(8)11(18)17-10-6-5-9(10)16/h1-4H,5-6H2,(H,17,18). The lowest BCUT2D eigenvalue weighted by molar-refractivity contribution is -0.137. The van der Waals surface area contributed by atoms with Crippen LogP contribution in [0.3, 0.4) is 0 Å². The fraction of sp³-hybridized carbons (Fsp3) is 0.250. The molecular formula is C12H9F3INO. The highest BCUT2D eigenvalue weighted by Gasteiger charge is 2.35. The number of allylic oxidation sites excluding steroid dienone is 2. The van der Waals surface area contributed by atoms with Crippen LogP contribution in [0.1, 0.15) is 28.8 Å². The molecule has 0 bridgehead atoms. The Hall–Kier alpha value is -1.05. The predicted octanol–water partition coefficient (Wildman–Crippen LogP) is 3.88. The summed E-state index contributed by atoms with van der Waals surface area (Å²) in [7, 11) is 0. The maximum absolute atomic E-state index is 12.7. The molecule has 2 nitrogen and oxygen atoms in total. The Morgan fingerprint density at radius 1 is 1.22 bits per heavy atom. The second-order valence-electron chi connectivity index (χ2n) is 3.88. The highest BCUT2D eigenvalue weighted by molar-refractivity contribution is 14.1. The number of rotatable bonds is 2. The van der Waals surface area contributed by atoms with E-state index in [4.69, 9.17) is 0 Å². The molecule has 0 heterocycles. The number of hydrogen-bond acceptors (Lipinski definition) is 1. The van der Waals surface area contributed by atoms with Crippen LogP contribution in [-0.4, -0.2) is 5.91 Å². The van der Waals surface area contributed by atoms with E-state index in [1.807, 2.05) is 0 Å².